The Hall–Kier alpha value is -1.26. The van der Waals surface area contributed by atoms with Gasteiger partial charge in [-0.25, -0.2) is 4.79 Å². The lowest BCUT2D eigenvalue weighted by atomic mass is 10.0. The lowest BCUT2D eigenvalue weighted by Gasteiger charge is -2.19. The van der Waals surface area contributed by atoms with Gasteiger partial charge in [0.15, 0.2) is 0 Å². The third kappa shape index (κ3) is 3.91. The molecule has 0 aromatic carbocycles. The van der Waals surface area contributed by atoms with E-state index in [0.29, 0.717) is 12.0 Å². The minimum Gasteiger partial charge on any atom is -0.481 e. The van der Waals surface area contributed by atoms with E-state index in [1.54, 1.807) is 13.8 Å². The van der Waals surface area contributed by atoms with Gasteiger partial charge in [-0.15, -0.1) is 0 Å². The molecule has 0 saturated heterocycles. The number of carboxylic acids is 1. The summed E-state index contributed by atoms with van der Waals surface area (Å²) in [6.07, 6.45) is 3.42. The maximum atomic E-state index is 11.6. The first-order valence-corrected chi connectivity index (χ1v) is 6.17. The number of urea groups is 1. The lowest BCUT2D eigenvalue weighted by Crippen LogP contribution is -2.46. The van der Waals surface area contributed by atoms with Gasteiger partial charge in [-0.2, -0.15) is 0 Å². The van der Waals surface area contributed by atoms with Crippen LogP contribution in [-0.4, -0.2) is 29.7 Å². The summed E-state index contributed by atoms with van der Waals surface area (Å²) in [6.45, 7) is 6.10. The Kier molecular flexibility index (Phi) is 4.37. The molecule has 0 spiro atoms. The van der Waals surface area contributed by atoms with Crippen molar-refractivity contribution in [2.24, 2.45) is 11.3 Å². The van der Waals surface area contributed by atoms with E-state index in [9.17, 15) is 9.59 Å². The molecule has 1 aliphatic rings. The normalized spacial score (nSPS) is 20.2. The van der Waals surface area contributed by atoms with Gasteiger partial charge >= 0.3 is 12.0 Å². The highest BCUT2D eigenvalue weighted by atomic mass is 16.4. The molecule has 0 aromatic rings. The van der Waals surface area contributed by atoms with Crippen LogP contribution in [0.25, 0.3) is 0 Å². The van der Waals surface area contributed by atoms with Gasteiger partial charge in [0.2, 0.25) is 0 Å². The van der Waals surface area contributed by atoms with Crippen LogP contribution in [-0.2, 0) is 4.79 Å². The SMILES string of the molecule is CCC1(CNC(=O)NC(C)C(C)C(=O)O)CC1. The fourth-order valence-corrected chi connectivity index (χ4v) is 1.70. The number of nitrogens with one attached hydrogen (secondary N) is 2. The zero-order valence-electron chi connectivity index (χ0n) is 10.7. The molecule has 1 saturated carbocycles. The molecule has 0 aliphatic heterocycles. The Morgan fingerprint density at radius 3 is 2.35 bits per heavy atom. The van der Waals surface area contributed by atoms with Crippen molar-refractivity contribution in [1.82, 2.24) is 10.6 Å². The summed E-state index contributed by atoms with van der Waals surface area (Å²) in [7, 11) is 0. The topological polar surface area (TPSA) is 78.4 Å². The Morgan fingerprint density at radius 1 is 1.35 bits per heavy atom. The number of aliphatic carboxylic acids is 1. The second-order valence-corrected chi connectivity index (χ2v) is 5.10. The molecule has 0 aromatic heterocycles. The van der Waals surface area contributed by atoms with Gasteiger partial charge in [-0.3, -0.25) is 4.79 Å². The molecule has 0 heterocycles. The highest BCUT2D eigenvalue weighted by Gasteiger charge is 2.40. The Balaban J connectivity index is 2.27. The summed E-state index contributed by atoms with van der Waals surface area (Å²) < 4.78 is 0. The summed E-state index contributed by atoms with van der Waals surface area (Å²) in [6, 6.07) is -0.644. The smallest absolute Gasteiger partial charge is 0.315 e. The van der Waals surface area contributed by atoms with E-state index < -0.39 is 11.9 Å². The van der Waals surface area contributed by atoms with Gasteiger partial charge < -0.3 is 15.7 Å². The highest BCUT2D eigenvalue weighted by Crippen LogP contribution is 2.47. The standard InChI is InChI=1S/C12H22N2O3/c1-4-12(5-6-12)7-13-11(17)14-9(3)8(2)10(15)16/h8-9H,4-7H2,1-3H3,(H,15,16)(H2,13,14,17). The summed E-state index contributed by atoms with van der Waals surface area (Å²) >= 11 is 0. The zero-order valence-corrected chi connectivity index (χ0v) is 10.7. The van der Waals surface area contributed by atoms with Gasteiger partial charge in [-0.05, 0) is 38.5 Å². The highest BCUT2D eigenvalue weighted by molar-refractivity contribution is 5.76. The average molecular weight is 242 g/mol. The van der Waals surface area contributed by atoms with Crippen LogP contribution >= 0.6 is 0 Å². The van der Waals surface area contributed by atoms with Gasteiger partial charge in [0.05, 0.1) is 5.92 Å². The molecule has 98 valence electrons. The third-order valence-corrected chi connectivity index (χ3v) is 3.83. The molecule has 0 radical (unpaired) electrons. The maximum absolute atomic E-state index is 11.6. The molecular weight excluding hydrogens is 220 g/mol. The van der Waals surface area contributed by atoms with Crippen molar-refractivity contribution in [3.05, 3.63) is 0 Å². The molecule has 1 rings (SSSR count). The van der Waals surface area contributed by atoms with Crippen molar-refractivity contribution in [3.8, 4) is 0 Å². The van der Waals surface area contributed by atoms with E-state index in [2.05, 4.69) is 17.6 Å². The predicted octanol–water partition coefficient (Wildman–Crippen LogP) is 1.58. The van der Waals surface area contributed by atoms with Crippen molar-refractivity contribution in [2.75, 3.05) is 6.54 Å². The van der Waals surface area contributed by atoms with Crippen LogP contribution in [0.15, 0.2) is 0 Å². The molecule has 2 unspecified atom stereocenters. The molecule has 2 atom stereocenters. The van der Waals surface area contributed by atoms with Crippen molar-refractivity contribution >= 4 is 12.0 Å². The average Bonchev–Trinajstić information content (AvgIpc) is 3.06. The second-order valence-electron chi connectivity index (χ2n) is 5.10. The molecule has 17 heavy (non-hydrogen) atoms. The Bertz CT molecular complexity index is 300. The first-order chi connectivity index (χ1) is 7.90. The zero-order chi connectivity index (χ0) is 13.1. The lowest BCUT2D eigenvalue weighted by molar-refractivity contribution is -0.141. The van der Waals surface area contributed by atoms with Crippen LogP contribution in [0.4, 0.5) is 4.79 Å². The van der Waals surface area contributed by atoms with Gasteiger partial charge in [0.25, 0.3) is 0 Å². The van der Waals surface area contributed by atoms with Gasteiger partial charge in [0.1, 0.15) is 0 Å². The van der Waals surface area contributed by atoms with Crippen LogP contribution < -0.4 is 10.6 Å². The number of carbonyl (C=O) groups excluding carboxylic acids is 1. The summed E-state index contributed by atoms with van der Waals surface area (Å²) in [5, 5.41) is 14.3. The van der Waals surface area contributed by atoms with Crippen molar-refractivity contribution in [2.45, 2.75) is 46.1 Å². The number of carboxylic acid groups (broad SMARTS) is 1. The van der Waals surface area contributed by atoms with Crippen molar-refractivity contribution in [1.29, 1.82) is 0 Å². The van der Waals surface area contributed by atoms with Crippen molar-refractivity contribution in [3.63, 3.8) is 0 Å². The van der Waals surface area contributed by atoms with E-state index in [0.717, 1.165) is 6.42 Å². The van der Waals surface area contributed by atoms with Gasteiger partial charge in [-0.1, -0.05) is 6.92 Å². The minimum atomic E-state index is -0.898. The fraction of sp³-hybridized carbons (Fsp3) is 0.833. The number of hydrogen-bond donors (Lipinski definition) is 3. The second kappa shape index (κ2) is 5.38. The molecule has 1 aliphatic carbocycles. The summed E-state index contributed by atoms with van der Waals surface area (Å²) in [5.41, 5.74) is 0.305. The first-order valence-electron chi connectivity index (χ1n) is 6.17. The molecule has 5 nitrogen and oxygen atoms in total. The van der Waals surface area contributed by atoms with E-state index in [1.807, 2.05) is 0 Å². The molecule has 1 fully saturated rings. The maximum Gasteiger partial charge on any atom is 0.315 e. The monoisotopic (exact) mass is 242 g/mol. The number of rotatable bonds is 6. The van der Waals surface area contributed by atoms with Crippen LogP contribution in [0, 0.1) is 11.3 Å². The van der Waals surface area contributed by atoms with Crippen LogP contribution in [0.2, 0.25) is 0 Å². The molecular formula is C12H22N2O3. The minimum absolute atomic E-state index is 0.273. The van der Waals surface area contributed by atoms with Crippen LogP contribution in [0.3, 0.4) is 0 Å². The van der Waals surface area contributed by atoms with E-state index >= 15 is 0 Å². The molecule has 5 heteroatoms. The van der Waals surface area contributed by atoms with Gasteiger partial charge in [0, 0.05) is 12.6 Å². The first kappa shape index (κ1) is 13.8. The molecule has 3 N–H and O–H groups in total. The predicted molar refractivity (Wildman–Crippen MR) is 64.8 cm³/mol. The number of amides is 2. The van der Waals surface area contributed by atoms with Crippen LogP contribution in [0.5, 0.6) is 0 Å². The van der Waals surface area contributed by atoms with E-state index in [1.165, 1.54) is 12.8 Å². The van der Waals surface area contributed by atoms with Crippen LogP contribution in [0.1, 0.15) is 40.0 Å². The Morgan fingerprint density at radius 2 is 1.94 bits per heavy atom. The Labute approximate surface area is 102 Å². The summed E-state index contributed by atoms with van der Waals surface area (Å²) in [4.78, 5) is 22.3. The number of hydrogen-bond acceptors (Lipinski definition) is 2. The van der Waals surface area contributed by atoms with Crippen molar-refractivity contribution < 1.29 is 14.7 Å². The largest absolute Gasteiger partial charge is 0.481 e. The summed E-state index contributed by atoms with van der Waals surface area (Å²) in [5.74, 6) is -1.48. The third-order valence-electron chi connectivity index (χ3n) is 3.83. The fourth-order valence-electron chi connectivity index (χ4n) is 1.70. The van der Waals surface area contributed by atoms with E-state index in [-0.39, 0.29) is 12.1 Å². The quantitative estimate of drug-likeness (QED) is 0.661. The number of carbonyl (C=O) groups is 2. The molecule has 0 bridgehead atoms. The van der Waals surface area contributed by atoms with E-state index in [4.69, 9.17) is 5.11 Å². The molecule has 2 amide bonds.